The lowest BCUT2D eigenvalue weighted by Gasteiger charge is -2.16. The average molecular weight is 408 g/mol. The van der Waals surface area contributed by atoms with Crippen LogP contribution in [0.25, 0.3) is 0 Å². The van der Waals surface area contributed by atoms with Crippen molar-refractivity contribution in [3.63, 3.8) is 0 Å². The molecule has 0 saturated carbocycles. The molecule has 0 aliphatic heterocycles. The van der Waals surface area contributed by atoms with Crippen LogP contribution in [0.15, 0.2) is 40.9 Å². The summed E-state index contributed by atoms with van der Waals surface area (Å²) in [6.45, 7) is 1.85. The van der Waals surface area contributed by atoms with Gasteiger partial charge in [0.15, 0.2) is 0 Å². The van der Waals surface area contributed by atoms with Gasteiger partial charge in [-0.1, -0.05) is 56.8 Å². The molecule has 0 spiro atoms. The number of hydrogen-bond donors (Lipinski definition) is 1. The van der Waals surface area contributed by atoms with Crippen LogP contribution in [-0.2, 0) is 0 Å². The minimum absolute atomic E-state index is 0.264. The molecule has 1 amide bonds. The Morgan fingerprint density at radius 2 is 1.81 bits per heavy atom. The topological polar surface area (TPSA) is 29.1 Å². The number of amides is 1. The fraction of sp³-hybridized carbons (Fsp3) is 0.133. The zero-order valence-electron chi connectivity index (χ0n) is 11.0. The van der Waals surface area contributed by atoms with E-state index < -0.39 is 0 Å². The van der Waals surface area contributed by atoms with Crippen molar-refractivity contribution < 1.29 is 4.79 Å². The molecular formula is C15H11BrCl3NO. The maximum absolute atomic E-state index is 12.3. The van der Waals surface area contributed by atoms with Gasteiger partial charge in [0.2, 0.25) is 0 Å². The van der Waals surface area contributed by atoms with Gasteiger partial charge in [-0.15, -0.1) is 0 Å². The van der Waals surface area contributed by atoms with Crippen LogP contribution in [-0.4, -0.2) is 5.91 Å². The highest BCUT2D eigenvalue weighted by molar-refractivity contribution is 9.10. The summed E-state index contributed by atoms with van der Waals surface area (Å²) >= 11 is 21.4. The van der Waals surface area contributed by atoms with Gasteiger partial charge in [-0.2, -0.15) is 0 Å². The summed E-state index contributed by atoms with van der Waals surface area (Å²) in [6.07, 6.45) is 0. The molecule has 2 nitrogen and oxygen atoms in total. The van der Waals surface area contributed by atoms with E-state index in [0.717, 1.165) is 10.0 Å². The number of rotatable bonds is 3. The third kappa shape index (κ3) is 4.13. The molecule has 1 N–H and O–H groups in total. The Balaban J connectivity index is 2.20. The van der Waals surface area contributed by atoms with Crippen molar-refractivity contribution in [3.05, 3.63) is 67.1 Å². The van der Waals surface area contributed by atoms with Crippen LogP contribution in [0.1, 0.15) is 28.9 Å². The number of carbonyl (C=O) groups excluding carboxylic acids is 1. The quantitative estimate of drug-likeness (QED) is 0.674. The molecule has 0 fully saturated rings. The second-order valence-corrected chi connectivity index (χ2v) is 6.65. The first-order chi connectivity index (χ1) is 9.88. The largest absolute Gasteiger partial charge is 0.345 e. The third-order valence-corrected chi connectivity index (χ3v) is 4.33. The van der Waals surface area contributed by atoms with E-state index >= 15 is 0 Å². The molecule has 2 rings (SSSR count). The number of nitrogens with one attached hydrogen (secondary N) is 1. The molecule has 2 aromatic carbocycles. The van der Waals surface area contributed by atoms with Crippen LogP contribution in [0.5, 0.6) is 0 Å². The Bertz CT molecular complexity index is 691. The molecular weight excluding hydrogens is 396 g/mol. The Hall–Kier alpha value is -0.740. The maximum Gasteiger partial charge on any atom is 0.253 e. The lowest BCUT2D eigenvalue weighted by Crippen LogP contribution is -2.27. The number of hydrogen-bond acceptors (Lipinski definition) is 1. The van der Waals surface area contributed by atoms with E-state index in [1.165, 1.54) is 0 Å². The van der Waals surface area contributed by atoms with Gasteiger partial charge in [0.25, 0.3) is 5.91 Å². The van der Waals surface area contributed by atoms with E-state index in [9.17, 15) is 4.79 Å². The van der Waals surface area contributed by atoms with Crippen LogP contribution in [0.4, 0.5) is 0 Å². The first-order valence-corrected chi connectivity index (χ1v) is 8.02. The van der Waals surface area contributed by atoms with Gasteiger partial charge in [-0.3, -0.25) is 4.79 Å². The summed E-state index contributed by atoms with van der Waals surface area (Å²) in [7, 11) is 0. The Morgan fingerprint density at radius 3 is 2.48 bits per heavy atom. The fourth-order valence-corrected chi connectivity index (χ4v) is 3.01. The maximum atomic E-state index is 12.3. The highest BCUT2D eigenvalue weighted by atomic mass is 79.9. The van der Waals surface area contributed by atoms with Gasteiger partial charge in [0.1, 0.15) is 0 Å². The predicted molar refractivity (Wildman–Crippen MR) is 91.5 cm³/mol. The zero-order valence-corrected chi connectivity index (χ0v) is 14.8. The predicted octanol–water partition coefficient (Wildman–Crippen LogP) is 5.90. The van der Waals surface area contributed by atoms with Gasteiger partial charge >= 0.3 is 0 Å². The highest BCUT2D eigenvalue weighted by Crippen LogP contribution is 2.27. The molecule has 0 aliphatic rings. The second-order valence-electron chi connectivity index (χ2n) is 4.49. The van der Waals surface area contributed by atoms with E-state index in [0.29, 0.717) is 20.6 Å². The van der Waals surface area contributed by atoms with Crippen molar-refractivity contribution in [1.29, 1.82) is 0 Å². The van der Waals surface area contributed by atoms with Crippen LogP contribution < -0.4 is 5.32 Å². The lowest BCUT2D eigenvalue weighted by molar-refractivity contribution is 0.0940. The van der Waals surface area contributed by atoms with Crippen LogP contribution >= 0.6 is 50.7 Å². The summed E-state index contributed by atoms with van der Waals surface area (Å²) in [5, 5.41) is 4.33. The van der Waals surface area contributed by atoms with Crippen molar-refractivity contribution in [2.75, 3.05) is 0 Å². The minimum Gasteiger partial charge on any atom is -0.345 e. The normalized spacial score (nSPS) is 12.0. The molecule has 21 heavy (non-hydrogen) atoms. The Labute approximate surface area is 146 Å². The molecule has 1 atom stereocenters. The summed E-state index contributed by atoms with van der Waals surface area (Å²) in [4.78, 5) is 12.3. The van der Waals surface area contributed by atoms with E-state index in [-0.39, 0.29) is 11.9 Å². The lowest BCUT2D eigenvalue weighted by atomic mass is 10.1. The number of benzene rings is 2. The first kappa shape index (κ1) is 16.6. The molecule has 1 unspecified atom stereocenters. The van der Waals surface area contributed by atoms with E-state index in [2.05, 4.69) is 21.2 Å². The van der Waals surface area contributed by atoms with E-state index in [1.54, 1.807) is 36.4 Å². The summed E-state index contributed by atoms with van der Waals surface area (Å²) in [5.74, 6) is -0.264. The van der Waals surface area contributed by atoms with Crippen molar-refractivity contribution >= 4 is 56.6 Å². The molecule has 0 aliphatic carbocycles. The first-order valence-electron chi connectivity index (χ1n) is 6.09. The fourth-order valence-electron chi connectivity index (χ4n) is 1.88. The summed E-state index contributed by atoms with van der Waals surface area (Å²) < 4.78 is 0.786. The molecule has 0 bridgehead atoms. The molecule has 0 heterocycles. The number of halogens is 4. The molecule has 110 valence electrons. The van der Waals surface area contributed by atoms with Gasteiger partial charge < -0.3 is 5.32 Å². The molecule has 0 radical (unpaired) electrons. The van der Waals surface area contributed by atoms with Crippen LogP contribution in [0.3, 0.4) is 0 Å². The molecule has 2 aromatic rings. The highest BCUT2D eigenvalue weighted by Gasteiger charge is 2.16. The van der Waals surface area contributed by atoms with Crippen LogP contribution in [0, 0.1) is 0 Å². The molecule has 0 aromatic heterocycles. The Kier molecular flexibility index (Phi) is 5.55. The Morgan fingerprint density at radius 1 is 1.10 bits per heavy atom. The summed E-state index contributed by atoms with van der Waals surface area (Å²) in [6, 6.07) is 10.0. The van der Waals surface area contributed by atoms with Crippen molar-refractivity contribution in [1.82, 2.24) is 5.32 Å². The van der Waals surface area contributed by atoms with Gasteiger partial charge in [0.05, 0.1) is 16.6 Å². The summed E-state index contributed by atoms with van der Waals surface area (Å²) in [5.41, 5.74) is 1.20. The van der Waals surface area contributed by atoms with Gasteiger partial charge in [-0.25, -0.2) is 0 Å². The second kappa shape index (κ2) is 7.01. The monoisotopic (exact) mass is 405 g/mol. The average Bonchev–Trinajstić information content (AvgIpc) is 2.41. The standard InChI is InChI=1S/C15H11BrCl3NO/c1-8(11-4-3-10(17)7-14(11)19)20-15(21)12-6-9(16)2-5-13(12)18/h2-8H,1H3,(H,20,21). The van der Waals surface area contributed by atoms with E-state index in [4.69, 9.17) is 34.8 Å². The van der Waals surface area contributed by atoms with Gasteiger partial charge in [0, 0.05) is 14.5 Å². The molecule has 0 saturated heterocycles. The van der Waals surface area contributed by atoms with Crippen LogP contribution in [0.2, 0.25) is 15.1 Å². The van der Waals surface area contributed by atoms with Crippen molar-refractivity contribution in [3.8, 4) is 0 Å². The minimum atomic E-state index is -0.266. The SMILES string of the molecule is CC(NC(=O)c1cc(Br)ccc1Cl)c1ccc(Cl)cc1Cl. The van der Waals surface area contributed by atoms with Crippen molar-refractivity contribution in [2.45, 2.75) is 13.0 Å². The zero-order chi connectivity index (χ0) is 15.6. The van der Waals surface area contributed by atoms with Crippen molar-refractivity contribution in [2.24, 2.45) is 0 Å². The smallest absolute Gasteiger partial charge is 0.253 e. The van der Waals surface area contributed by atoms with E-state index in [1.807, 2.05) is 6.92 Å². The van der Waals surface area contributed by atoms with Gasteiger partial charge in [-0.05, 0) is 42.8 Å². The number of carbonyl (C=O) groups is 1. The third-order valence-electron chi connectivity index (χ3n) is 2.95. The molecule has 6 heteroatoms.